The van der Waals surface area contributed by atoms with Crippen LogP contribution in [0, 0.1) is 52.3 Å². The largest absolute Gasteiger partial charge is 0.481 e. The van der Waals surface area contributed by atoms with Crippen LogP contribution >= 0.6 is 0 Å². The summed E-state index contributed by atoms with van der Waals surface area (Å²) >= 11 is 0. The number of hydrogen-bond acceptors (Lipinski definition) is 2. The number of carbonyl (C=O) groups is 2. The lowest BCUT2D eigenvalue weighted by Crippen LogP contribution is -2.54. The van der Waals surface area contributed by atoms with E-state index in [0.29, 0.717) is 29.0 Å². The lowest BCUT2D eigenvalue weighted by molar-refractivity contribution is -0.151. The second kappa shape index (κ2) is 9.41. The van der Waals surface area contributed by atoms with Crippen LogP contribution in [0.5, 0.6) is 0 Å². The van der Waals surface area contributed by atoms with E-state index in [1.807, 2.05) is 6.92 Å². The van der Waals surface area contributed by atoms with Gasteiger partial charge >= 0.3 is 5.97 Å². The number of rotatable bonds is 8. The Bertz CT molecular complexity index is 701. The van der Waals surface area contributed by atoms with E-state index >= 15 is 0 Å². The molecule has 4 fully saturated rings. The molecule has 4 rings (SSSR count). The van der Waals surface area contributed by atoms with Crippen LogP contribution in [0.15, 0.2) is 0 Å². The first-order chi connectivity index (χ1) is 15.2. The number of carboxylic acids is 1. The Hall–Kier alpha value is -0.860. The van der Waals surface area contributed by atoms with E-state index in [1.165, 1.54) is 57.8 Å². The molecule has 32 heavy (non-hydrogen) atoms. The van der Waals surface area contributed by atoms with Crippen LogP contribution in [0.1, 0.15) is 118 Å². The number of unbranched alkanes of at least 4 members (excludes halogenated alkanes) is 3. The number of hydrogen-bond donors (Lipinski definition) is 1. The predicted molar refractivity (Wildman–Crippen MR) is 129 cm³/mol. The minimum atomic E-state index is -0.543. The third-order valence-corrected chi connectivity index (χ3v) is 11.5. The topological polar surface area (TPSA) is 54.4 Å². The quantitative estimate of drug-likeness (QED) is 0.394. The number of aliphatic carboxylic acids is 1. The van der Waals surface area contributed by atoms with Crippen molar-refractivity contribution < 1.29 is 14.7 Å². The lowest BCUT2D eigenvalue weighted by Gasteiger charge is -2.61. The fraction of sp³-hybridized carbons (Fsp3) is 0.931. The second-order valence-corrected chi connectivity index (χ2v) is 12.8. The van der Waals surface area contributed by atoms with Crippen LogP contribution in [-0.4, -0.2) is 16.9 Å². The third-order valence-electron chi connectivity index (χ3n) is 11.5. The normalized spacial score (nSPS) is 44.2. The van der Waals surface area contributed by atoms with Gasteiger partial charge in [-0.2, -0.15) is 0 Å². The van der Waals surface area contributed by atoms with Crippen LogP contribution in [0.2, 0.25) is 0 Å². The first-order valence-corrected chi connectivity index (χ1v) is 14.0. The zero-order valence-corrected chi connectivity index (χ0v) is 21.2. The fourth-order valence-electron chi connectivity index (χ4n) is 9.68. The lowest BCUT2D eigenvalue weighted by atomic mass is 9.43. The van der Waals surface area contributed by atoms with Crippen molar-refractivity contribution in [2.24, 2.45) is 52.3 Å². The third kappa shape index (κ3) is 4.09. The Kier molecular flexibility index (Phi) is 7.14. The van der Waals surface area contributed by atoms with Crippen LogP contribution in [0.3, 0.4) is 0 Å². The summed E-state index contributed by atoms with van der Waals surface area (Å²) < 4.78 is 0. The SMILES string of the molecule is CCCCCCC(C(=O)O)[C@@H]1CC[C@@]2(C)[C@@H](CC[C@@H]3[C@@H]2CC[C@]2(C)[C@@H](C(C)=O)CC[C@@H]32)C1. The Balaban J connectivity index is 1.44. The summed E-state index contributed by atoms with van der Waals surface area (Å²) in [5.74, 6) is 3.44. The molecular weight excluding hydrogens is 396 g/mol. The van der Waals surface area contributed by atoms with Crippen molar-refractivity contribution >= 4 is 11.8 Å². The molecule has 182 valence electrons. The molecule has 3 heteroatoms. The summed E-state index contributed by atoms with van der Waals surface area (Å²) in [6.45, 7) is 9.05. The molecule has 0 aromatic rings. The summed E-state index contributed by atoms with van der Waals surface area (Å²) in [7, 11) is 0. The first kappa shape index (κ1) is 24.3. The Morgan fingerprint density at radius 2 is 1.62 bits per heavy atom. The van der Waals surface area contributed by atoms with E-state index in [1.54, 1.807) is 0 Å². The van der Waals surface area contributed by atoms with E-state index in [-0.39, 0.29) is 11.3 Å². The predicted octanol–water partition coefficient (Wildman–Crippen LogP) is 7.52. The average molecular weight is 445 g/mol. The van der Waals surface area contributed by atoms with E-state index < -0.39 is 5.97 Å². The number of carbonyl (C=O) groups excluding carboxylic acids is 1. The van der Waals surface area contributed by atoms with Gasteiger partial charge in [0.2, 0.25) is 0 Å². The minimum absolute atomic E-state index is 0.130. The van der Waals surface area contributed by atoms with Gasteiger partial charge in [0.25, 0.3) is 0 Å². The fourth-order valence-corrected chi connectivity index (χ4v) is 9.68. The molecule has 1 unspecified atom stereocenters. The maximum atomic E-state index is 12.4. The summed E-state index contributed by atoms with van der Waals surface area (Å²) in [5, 5.41) is 10.0. The zero-order valence-electron chi connectivity index (χ0n) is 21.2. The summed E-state index contributed by atoms with van der Waals surface area (Å²) in [4.78, 5) is 24.5. The average Bonchev–Trinajstić information content (AvgIpc) is 3.10. The van der Waals surface area contributed by atoms with E-state index in [9.17, 15) is 14.7 Å². The standard InChI is InChI=1S/C29H48O3/c1-5-6-7-8-9-22(27(31)32)20-14-16-28(3)21(18-20)10-11-23-25-13-12-24(19(2)30)29(25,4)17-15-26(23)28/h20-26H,5-18H2,1-4H3,(H,31,32)/t20-,21+,22?,23+,24-,25+,26+,28+,29-/m1/s1. The molecule has 0 bridgehead atoms. The smallest absolute Gasteiger partial charge is 0.306 e. The number of Topliss-reactive ketones (excluding diaryl/α,β-unsaturated/α-hetero) is 1. The minimum Gasteiger partial charge on any atom is -0.481 e. The molecule has 3 nitrogen and oxygen atoms in total. The molecule has 4 saturated carbocycles. The maximum absolute atomic E-state index is 12.4. The van der Waals surface area contributed by atoms with Gasteiger partial charge < -0.3 is 5.11 Å². The Morgan fingerprint density at radius 1 is 0.906 bits per heavy atom. The van der Waals surface area contributed by atoms with Gasteiger partial charge in [-0.25, -0.2) is 0 Å². The van der Waals surface area contributed by atoms with Crippen molar-refractivity contribution in [3.8, 4) is 0 Å². The molecule has 0 amide bonds. The van der Waals surface area contributed by atoms with Crippen LogP contribution in [0.25, 0.3) is 0 Å². The molecule has 4 aliphatic carbocycles. The Morgan fingerprint density at radius 3 is 2.31 bits per heavy atom. The molecule has 9 atom stereocenters. The van der Waals surface area contributed by atoms with Gasteiger partial charge in [0.1, 0.15) is 5.78 Å². The van der Waals surface area contributed by atoms with E-state index in [4.69, 9.17) is 0 Å². The molecule has 0 aliphatic heterocycles. The van der Waals surface area contributed by atoms with Crippen LogP contribution < -0.4 is 0 Å². The van der Waals surface area contributed by atoms with Crippen molar-refractivity contribution in [3.05, 3.63) is 0 Å². The first-order valence-electron chi connectivity index (χ1n) is 14.0. The number of fused-ring (bicyclic) bond motifs is 5. The zero-order chi connectivity index (χ0) is 23.1. The summed E-state index contributed by atoms with van der Waals surface area (Å²) in [6.07, 6.45) is 16.5. The molecule has 0 aromatic heterocycles. The monoisotopic (exact) mass is 444 g/mol. The van der Waals surface area contributed by atoms with Crippen molar-refractivity contribution in [2.45, 2.75) is 118 Å². The molecule has 0 radical (unpaired) electrons. The molecule has 0 spiro atoms. The van der Waals surface area contributed by atoms with Gasteiger partial charge in [-0.1, -0.05) is 46.5 Å². The van der Waals surface area contributed by atoms with Gasteiger partial charge in [0.15, 0.2) is 0 Å². The highest BCUT2D eigenvalue weighted by molar-refractivity contribution is 5.79. The summed E-state index contributed by atoms with van der Waals surface area (Å²) in [5.41, 5.74) is 0.626. The Labute approximate surface area is 196 Å². The molecule has 0 saturated heterocycles. The van der Waals surface area contributed by atoms with E-state index in [0.717, 1.165) is 49.9 Å². The van der Waals surface area contributed by atoms with Crippen molar-refractivity contribution in [3.63, 3.8) is 0 Å². The van der Waals surface area contributed by atoms with Gasteiger partial charge in [0.05, 0.1) is 5.92 Å². The second-order valence-electron chi connectivity index (χ2n) is 12.8. The molecule has 4 aliphatic rings. The number of carboxylic acid groups (broad SMARTS) is 1. The van der Waals surface area contributed by atoms with Crippen LogP contribution in [-0.2, 0) is 9.59 Å². The molecule has 0 heterocycles. The van der Waals surface area contributed by atoms with Crippen LogP contribution in [0.4, 0.5) is 0 Å². The highest BCUT2D eigenvalue weighted by atomic mass is 16.4. The highest BCUT2D eigenvalue weighted by Crippen LogP contribution is 2.68. The maximum Gasteiger partial charge on any atom is 0.306 e. The molecule has 0 aromatic carbocycles. The van der Waals surface area contributed by atoms with E-state index in [2.05, 4.69) is 20.8 Å². The summed E-state index contributed by atoms with van der Waals surface area (Å²) in [6, 6.07) is 0. The molecular formula is C29H48O3. The van der Waals surface area contributed by atoms with Gasteiger partial charge in [-0.15, -0.1) is 0 Å². The van der Waals surface area contributed by atoms with Crippen molar-refractivity contribution in [1.82, 2.24) is 0 Å². The van der Waals surface area contributed by atoms with Crippen molar-refractivity contribution in [1.29, 1.82) is 0 Å². The molecule has 1 N–H and O–H groups in total. The van der Waals surface area contributed by atoms with Gasteiger partial charge in [0, 0.05) is 5.92 Å². The highest BCUT2D eigenvalue weighted by Gasteiger charge is 2.61. The van der Waals surface area contributed by atoms with Gasteiger partial charge in [-0.05, 0) is 112 Å². The van der Waals surface area contributed by atoms with Crippen molar-refractivity contribution in [2.75, 3.05) is 0 Å². The van der Waals surface area contributed by atoms with Gasteiger partial charge in [-0.3, -0.25) is 9.59 Å². The number of ketones is 1.